The van der Waals surface area contributed by atoms with Crippen LogP contribution >= 0.6 is 0 Å². The molecule has 1 rings (SSSR count). The summed E-state index contributed by atoms with van der Waals surface area (Å²) in [5, 5.41) is 8.79. The monoisotopic (exact) mass is 207 g/mol. The lowest BCUT2D eigenvalue weighted by atomic mass is 9.91. The summed E-state index contributed by atoms with van der Waals surface area (Å²) in [6.07, 6.45) is 1.78. The Morgan fingerprint density at radius 1 is 1.53 bits per heavy atom. The molecule has 5 heteroatoms. The molecule has 5 nitrogen and oxygen atoms in total. The molecule has 0 aliphatic carbocycles. The summed E-state index contributed by atoms with van der Waals surface area (Å²) in [6, 6.07) is 3.42. The van der Waals surface area contributed by atoms with Crippen molar-refractivity contribution in [2.24, 2.45) is 5.41 Å². The molecule has 0 radical (unpaired) electrons. The maximum Gasteiger partial charge on any atom is 0.328 e. The van der Waals surface area contributed by atoms with Gasteiger partial charge in [0.05, 0.1) is 11.5 Å². The average molecular weight is 207 g/mol. The molecule has 80 valence electrons. The minimum atomic E-state index is -0.526. The fourth-order valence-electron chi connectivity index (χ4n) is 1.11. The van der Waals surface area contributed by atoms with Gasteiger partial charge in [0, 0.05) is 18.8 Å². The first-order valence-corrected chi connectivity index (χ1v) is 4.66. The van der Waals surface area contributed by atoms with Crippen molar-refractivity contribution < 1.29 is 0 Å². The van der Waals surface area contributed by atoms with Crippen molar-refractivity contribution in [1.29, 1.82) is 5.26 Å². The number of nitrogens with zero attached hydrogens (tertiary/aromatic N) is 2. The van der Waals surface area contributed by atoms with E-state index in [-0.39, 0.29) is 12.1 Å². The Balaban J connectivity index is 2.89. The van der Waals surface area contributed by atoms with Gasteiger partial charge in [-0.15, -0.1) is 0 Å². The van der Waals surface area contributed by atoms with Gasteiger partial charge in [-0.2, -0.15) is 5.26 Å². The molecule has 1 aromatic heterocycles. The summed E-state index contributed by atoms with van der Waals surface area (Å²) in [5.74, 6) is 0. The molecule has 1 heterocycles. The lowest BCUT2D eigenvalue weighted by Gasteiger charge is -2.14. The van der Waals surface area contributed by atoms with Crippen LogP contribution in [0.1, 0.15) is 20.3 Å². The van der Waals surface area contributed by atoms with Crippen molar-refractivity contribution in [2.75, 3.05) is 0 Å². The minimum Gasteiger partial charge on any atom is -0.314 e. The standard InChI is InChI=1S/C10H13N3O2/c1-10(2,7-11)4-6-13-8(14)3-5-12-9(13)15/h3,5H,4,6H2,1-2H3,(H,12,15). The number of H-pyrrole nitrogens is 1. The molecular formula is C10H13N3O2. The van der Waals surface area contributed by atoms with Crippen LogP contribution in [0.4, 0.5) is 0 Å². The fraction of sp³-hybridized carbons (Fsp3) is 0.500. The molecule has 0 unspecified atom stereocenters. The Labute approximate surface area is 87.0 Å². The Morgan fingerprint density at radius 3 is 2.73 bits per heavy atom. The normalized spacial score (nSPS) is 11.0. The summed E-state index contributed by atoms with van der Waals surface area (Å²) < 4.78 is 1.10. The van der Waals surface area contributed by atoms with E-state index in [1.165, 1.54) is 12.3 Å². The van der Waals surface area contributed by atoms with Gasteiger partial charge in [0.15, 0.2) is 0 Å². The van der Waals surface area contributed by atoms with Gasteiger partial charge in [-0.1, -0.05) is 0 Å². The van der Waals surface area contributed by atoms with E-state index in [1.807, 2.05) is 0 Å². The Bertz CT molecular complexity index is 462. The van der Waals surface area contributed by atoms with Crippen molar-refractivity contribution in [3.05, 3.63) is 33.1 Å². The maximum atomic E-state index is 11.3. The number of aromatic nitrogens is 2. The van der Waals surface area contributed by atoms with Crippen LogP contribution in [0.25, 0.3) is 0 Å². The molecule has 0 bridgehead atoms. The molecule has 0 aromatic carbocycles. The number of hydrogen-bond acceptors (Lipinski definition) is 3. The molecule has 0 saturated heterocycles. The van der Waals surface area contributed by atoms with Gasteiger partial charge in [0.1, 0.15) is 0 Å². The third-order valence-electron chi connectivity index (χ3n) is 2.21. The number of nitriles is 1. The van der Waals surface area contributed by atoms with Crippen LogP contribution in [0.5, 0.6) is 0 Å². The predicted molar refractivity (Wildman–Crippen MR) is 55.3 cm³/mol. The first kappa shape index (κ1) is 11.2. The van der Waals surface area contributed by atoms with Crippen LogP contribution in [0, 0.1) is 16.7 Å². The largest absolute Gasteiger partial charge is 0.328 e. The van der Waals surface area contributed by atoms with E-state index in [4.69, 9.17) is 5.26 Å². The Hall–Kier alpha value is -1.83. The first-order chi connectivity index (χ1) is 6.96. The SMILES string of the molecule is CC(C)(C#N)CCn1c(=O)cc[nH]c1=O. The van der Waals surface area contributed by atoms with Gasteiger partial charge in [-0.3, -0.25) is 9.36 Å². The van der Waals surface area contributed by atoms with Crippen molar-refractivity contribution in [1.82, 2.24) is 9.55 Å². The Kier molecular flexibility index (Phi) is 3.10. The maximum absolute atomic E-state index is 11.3. The summed E-state index contributed by atoms with van der Waals surface area (Å²) in [6.45, 7) is 3.81. The van der Waals surface area contributed by atoms with E-state index >= 15 is 0 Å². The van der Waals surface area contributed by atoms with E-state index in [0.29, 0.717) is 6.42 Å². The molecule has 0 amide bonds. The van der Waals surface area contributed by atoms with E-state index in [1.54, 1.807) is 13.8 Å². The molecule has 0 fully saturated rings. The summed E-state index contributed by atoms with van der Waals surface area (Å²) in [5.41, 5.74) is -1.30. The van der Waals surface area contributed by atoms with Crippen LogP contribution in [-0.2, 0) is 6.54 Å². The lowest BCUT2D eigenvalue weighted by molar-refractivity contribution is 0.403. The zero-order chi connectivity index (χ0) is 11.5. The highest BCUT2D eigenvalue weighted by Crippen LogP contribution is 2.18. The van der Waals surface area contributed by atoms with Crippen molar-refractivity contribution in [3.63, 3.8) is 0 Å². The molecular weight excluding hydrogens is 194 g/mol. The molecule has 15 heavy (non-hydrogen) atoms. The van der Waals surface area contributed by atoms with Gasteiger partial charge < -0.3 is 4.98 Å². The number of rotatable bonds is 3. The quantitative estimate of drug-likeness (QED) is 0.782. The fourth-order valence-corrected chi connectivity index (χ4v) is 1.11. The van der Waals surface area contributed by atoms with E-state index in [9.17, 15) is 9.59 Å². The molecule has 0 saturated carbocycles. The van der Waals surface area contributed by atoms with Crippen LogP contribution < -0.4 is 11.2 Å². The molecule has 0 spiro atoms. The van der Waals surface area contributed by atoms with E-state index in [0.717, 1.165) is 4.57 Å². The summed E-state index contributed by atoms with van der Waals surface area (Å²) in [4.78, 5) is 25.0. The second kappa shape index (κ2) is 4.13. The highest BCUT2D eigenvalue weighted by atomic mass is 16.2. The van der Waals surface area contributed by atoms with Gasteiger partial charge in [-0.05, 0) is 20.3 Å². The van der Waals surface area contributed by atoms with E-state index in [2.05, 4.69) is 11.1 Å². The highest BCUT2D eigenvalue weighted by molar-refractivity contribution is 4.92. The highest BCUT2D eigenvalue weighted by Gasteiger charge is 2.17. The lowest BCUT2D eigenvalue weighted by Crippen LogP contribution is -2.35. The smallest absolute Gasteiger partial charge is 0.314 e. The average Bonchev–Trinajstić information content (AvgIpc) is 2.17. The molecule has 1 N–H and O–H groups in total. The predicted octanol–water partition coefficient (Wildman–Crippen LogP) is 0.476. The topological polar surface area (TPSA) is 78.7 Å². The minimum absolute atomic E-state index is 0.259. The summed E-state index contributed by atoms with van der Waals surface area (Å²) in [7, 11) is 0. The zero-order valence-electron chi connectivity index (χ0n) is 8.78. The van der Waals surface area contributed by atoms with Crippen LogP contribution in [0.3, 0.4) is 0 Å². The Morgan fingerprint density at radius 2 is 2.20 bits per heavy atom. The van der Waals surface area contributed by atoms with E-state index < -0.39 is 11.1 Å². The second-order valence-electron chi connectivity index (χ2n) is 4.02. The van der Waals surface area contributed by atoms with Gasteiger partial charge in [0.2, 0.25) is 0 Å². The van der Waals surface area contributed by atoms with Gasteiger partial charge in [0.25, 0.3) is 5.56 Å². The second-order valence-corrected chi connectivity index (χ2v) is 4.02. The molecule has 0 atom stereocenters. The molecule has 1 aromatic rings. The molecule has 0 aliphatic heterocycles. The number of aromatic amines is 1. The third-order valence-corrected chi connectivity index (χ3v) is 2.21. The van der Waals surface area contributed by atoms with Crippen LogP contribution in [0.2, 0.25) is 0 Å². The zero-order valence-corrected chi connectivity index (χ0v) is 8.78. The summed E-state index contributed by atoms with van der Waals surface area (Å²) >= 11 is 0. The number of nitrogens with one attached hydrogen (secondary N) is 1. The van der Waals surface area contributed by atoms with Gasteiger partial charge in [-0.25, -0.2) is 4.79 Å². The van der Waals surface area contributed by atoms with Crippen molar-refractivity contribution >= 4 is 0 Å². The van der Waals surface area contributed by atoms with Crippen LogP contribution in [0.15, 0.2) is 21.9 Å². The van der Waals surface area contributed by atoms with Crippen molar-refractivity contribution in [3.8, 4) is 6.07 Å². The van der Waals surface area contributed by atoms with Crippen molar-refractivity contribution in [2.45, 2.75) is 26.8 Å². The number of hydrogen-bond donors (Lipinski definition) is 1. The van der Waals surface area contributed by atoms with Crippen LogP contribution in [-0.4, -0.2) is 9.55 Å². The third kappa shape index (κ3) is 2.81. The van der Waals surface area contributed by atoms with Gasteiger partial charge >= 0.3 is 5.69 Å². The first-order valence-electron chi connectivity index (χ1n) is 4.66. The molecule has 0 aliphatic rings.